The number of rotatable bonds is 3. The van der Waals surface area contributed by atoms with Crippen molar-refractivity contribution in [3.63, 3.8) is 0 Å². The summed E-state index contributed by atoms with van der Waals surface area (Å²) in [5.41, 5.74) is 5.30. The molecular formula is C14H12F3NO2. The summed E-state index contributed by atoms with van der Waals surface area (Å²) in [7, 11) is 1.44. The molecule has 0 unspecified atom stereocenters. The SMILES string of the molecule is COc1cc(Oc2cccc(C(F)(F)F)c2)ccc1N. The number of ether oxygens (including phenoxy) is 2. The number of nitrogens with two attached hydrogens (primary N) is 1. The summed E-state index contributed by atoms with van der Waals surface area (Å²) in [4.78, 5) is 0. The molecular weight excluding hydrogens is 271 g/mol. The number of methoxy groups -OCH3 is 1. The summed E-state index contributed by atoms with van der Waals surface area (Å²) in [6, 6.07) is 9.26. The Morgan fingerprint density at radius 3 is 2.35 bits per heavy atom. The van der Waals surface area contributed by atoms with Crippen molar-refractivity contribution in [2.24, 2.45) is 0 Å². The molecule has 0 bridgehead atoms. The highest BCUT2D eigenvalue weighted by molar-refractivity contribution is 5.56. The van der Waals surface area contributed by atoms with Crippen LogP contribution < -0.4 is 15.2 Å². The van der Waals surface area contributed by atoms with Gasteiger partial charge in [-0.15, -0.1) is 0 Å². The highest BCUT2D eigenvalue weighted by atomic mass is 19.4. The number of alkyl halides is 3. The summed E-state index contributed by atoms with van der Waals surface area (Å²) in [5, 5.41) is 0. The average Bonchev–Trinajstić information content (AvgIpc) is 2.40. The van der Waals surface area contributed by atoms with Crippen LogP contribution in [0.25, 0.3) is 0 Å². The van der Waals surface area contributed by atoms with Gasteiger partial charge in [-0.2, -0.15) is 13.2 Å². The van der Waals surface area contributed by atoms with Crippen molar-refractivity contribution < 1.29 is 22.6 Å². The van der Waals surface area contributed by atoms with Gasteiger partial charge < -0.3 is 15.2 Å². The summed E-state index contributed by atoms with van der Waals surface area (Å²) >= 11 is 0. The number of hydrogen-bond donors (Lipinski definition) is 1. The molecule has 0 fully saturated rings. The molecule has 0 amide bonds. The van der Waals surface area contributed by atoms with Gasteiger partial charge in [0.1, 0.15) is 17.2 Å². The van der Waals surface area contributed by atoms with Crippen molar-refractivity contribution in [1.29, 1.82) is 0 Å². The van der Waals surface area contributed by atoms with E-state index in [4.69, 9.17) is 15.2 Å². The second-order valence-electron chi connectivity index (χ2n) is 4.03. The quantitative estimate of drug-likeness (QED) is 0.863. The lowest BCUT2D eigenvalue weighted by Crippen LogP contribution is -2.04. The van der Waals surface area contributed by atoms with E-state index in [9.17, 15) is 13.2 Å². The topological polar surface area (TPSA) is 44.5 Å². The number of benzene rings is 2. The van der Waals surface area contributed by atoms with Gasteiger partial charge in [0.2, 0.25) is 0 Å². The van der Waals surface area contributed by atoms with E-state index in [1.165, 1.54) is 25.3 Å². The molecule has 3 nitrogen and oxygen atoms in total. The molecule has 0 aliphatic carbocycles. The molecule has 0 radical (unpaired) electrons. The predicted molar refractivity (Wildman–Crippen MR) is 68.9 cm³/mol. The van der Waals surface area contributed by atoms with E-state index in [0.717, 1.165) is 12.1 Å². The van der Waals surface area contributed by atoms with E-state index in [1.54, 1.807) is 12.1 Å². The van der Waals surface area contributed by atoms with E-state index < -0.39 is 11.7 Å². The maximum atomic E-state index is 12.6. The van der Waals surface area contributed by atoms with E-state index in [1.807, 2.05) is 0 Å². The van der Waals surface area contributed by atoms with E-state index in [0.29, 0.717) is 17.2 Å². The largest absolute Gasteiger partial charge is 0.494 e. The van der Waals surface area contributed by atoms with E-state index in [-0.39, 0.29) is 5.75 Å². The Balaban J connectivity index is 2.26. The molecule has 106 valence electrons. The maximum Gasteiger partial charge on any atom is 0.416 e. The molecule has 0 atom stereocenters. The van der Waals surface area contributed by atoms with Crippen LogP contribution in [0.1, 0.15) is 5.56 Å². The van der Waals surface area contributed by atoms with Crippen molar-refractivity contribution in [2.75, 3.05) is 12.8 Å². The second kappa shape index (κ2) is 5.32. The number of hydrogen-bond acceptors (Lipinski definition) is 3. The molecule has 6 heteroatoms. The molecule has 0 saturated carbocycles. The fraction of sp³-hybridized carbons (Fsp3) is 0.143. The fourth-order valence-electron chi connectivity index (χ4n) is 1.63. The molecule has 0 spiro atoms. The van der Waals surface area contributed by atoms with Crippen LogP contribution in [-0.4, -0.2) is 7.11 Å². The van der Waals surface area contributed by atoms with Crippen LogP contribution in [0.15, 0.2) is 42.5 Å². The zero-order chi connectivity index (χ0) is 14.8. The van der Waals surface area contributed by atoms with Crippen molar-refractivity contribution >= 4 is 5.69 Å². The lowest BCUT2D eigenvalue weighted by molar-refractivity contribution is -0.137. The van der Waals surface area contributed by atoms with Gasteiger partial charge in [-0.05, 0) is 30.3 Å². The van der Waals surface area contributed by atoms with Gasteiger partial charge in [0.05, 0.1) is 18.4 Å². The van der Waals surface area contributed by atoms with Crippen LogP contribution >= 0.6 is 0 Å². The van der Waals surface area contributed by atoms with Crippen molar-refractivity contribution in [1.82, 2.24) is 0 Å². The standard InChI is InChI=1S/C14H12F3NO2/c1-19-13-8-11(5-6-12(13)18)20-10-4-2-3-9(7-10)14(15,16)17/h2-8H,18H2,1H3. The molecule has 0 aromatic heterocycles. The highest BCUT2D eigenvalue weighted by Crippen LogP contribution is 2.34. The van der Waals surface area contributed by atoms with Gasteiger partial charge in [0, 0.05) is 6.07 Å². The first-order valence-electron chi connectivity index (χ1n) is 5.69. The molecule has 0 heterocycles. The minimum Gasteiger partial charge on any atom is -0.494 e. The van der Waals surface area contributed by atoms with Crippen molar-refractivity contribution in [2.45, 2.75) is 6.18 Å². The zero-order valence-corrected chi connectivity index (χ0v) is 10.6. The van der Waals surface area contributed by atoms with Gasteiger partial charge in [-0.3, -0.25) is 0 Å². The minimum atomic E-state index is -4.40. The first kappa shape index (κ1) is 14.0. The number of anilines is 1. The summed E-state index contributed by atoms with van der Waals surface area (Å²) in [6.45, 7) is 0. The lowest BCUT2D eigenvalue weighted by atomic mass is 10.2. The van der Waals surface area contributed by atoms with Crippen LogP contribution in [-0.2, 0) is 6.18 Å². The summed E-state index contributed by atoms with van der Waals surface area (Å²) < 4.78 is 48.2. The molecule has 0 aliphatic rings. The van der Waals surface area contributed by atoms with Gasteiger partial charge in [-0.25, -0.2) is 0 Å². The Hall–Kier alpha value is -2.37. The highest BCUT2D eigenvalue weighted by Gasteiger charge is 2.30. The molecule has 2 aromatic rings. The van der Waals surface area contributed by atoms with Gasteiger partial charge in [0.25, 0.3) is 0 Å². The van der Waals surface area contributed by atoms with Crippen LogP contribution in [0.3, 0.4) is 0 Å². The summed E-state index contributed by atoms with van der Waals surface area (Å²) in [5.74, 6) is 0.830. The molecule has 20 heavy (non-hydrogen) atoms. The first-order valence-corrected chi connectivity index (χ1v) is 5.69. The van der Waals surface area contributed by atoms with Crippen molar-refractivity contribution in [3.05, 3.63) is 48.0 Å². The third kappa shape index (κ3) is 3.14. The number of nitrogen functional groups attached to an aromatic ring is 1. The van der Waals surface area contributed by atoms with Gasteiger partial charge in [-0.1, -0.05) is 6.07 Å². The second-order valence-corrected chi connectivity index (χ2v) is 4.03. The van der Waals surface area contributed by atoms with Crippen LogP contribution in [0.5, 0.6) is 17.2 Å². The van der Waals surface area contributed by atoms with E-state index in [2.05, 4.69) is 0 Å². The Bertz CT molecular complexity index is 612. The Morgan fingerprint density at radius 1 is 1.00 bits per heavy atom. The van der Waals surface area contributed by atoms with Crippen molar-refractivity contribution in [3.8, 4) is 17.2 Å². The Kier molecular flexibility index (Phi) is 3.74. The van der Waals surface area contributed by atoms with Crippen LogP contribution in [0.2, 0.25) is 0 Å². The van der Waals surface area contributed by atoms with Gasteiger partial charge >= 0.3 is 6.18 Å². The van der Waals surface area contributed by atoms with E-state index >= 15 is 0 Å². The fourth-order valence-corrected chi connectivity index (χ4v) is 1.63. The zero-order valence-electron chi connectivity index (χ0n) is 10.6. The molecule has 0 saturated heterocycles. The normalized spacial score (nSPS) is 11.2. The average molecular weight is 283 g/mol. The minimum absolute atomic E-state index is 0.0895. The molecule has 2 N–H and O–H groups in total. The van der Waals surface area contributed by atoms with Crippen LogP contribution in [0.4, 0.5) is 18.9 Å². The molecule has 0 aliphatic heterocycles. The van der Waals surface area contributed by atoms with Gasteiger partial charge in [0.15, 0.2) is 0 Å². The lowest BCUT2D eigenvalue weighted by Gasteiger charge is -2.11. The molecule has 2 rings (SSSR count). The smallest absolute Gasteiger partial charge is 0.416 e. The Labute approximate surface area is 113 Å². The number of halogens is 3. The first-order chi connectivity index (χ1) is 9.40. The predicted octanol–water partition coefficient (Wildman–Crippen LogP) is 4.09. The monoisotopic (exact) mass is 283 g/mol. The van der Waals surface area contributed by atoms with Crippen LogP contribution in [0, 0.1) is 0 Å². The summed E-state index contributed by atoms with van der Waals surface area (Å²) in [6.07, 6.45) is -4.40. The third-order valence-electron chi connectivity index (χ3n) is 2.60. The molecule has 2 aromatic carbocycles. The maximum absolute atomic E-state index is 12.6. The Morgan fingerprint density at radius 2 is 1.70 bits per heavy atom. The third-order valence-corrected chi connectivity index (χ3v) is 2.60.